The summed E-state index contributed by atoms with van der Waals surface area (Å²) in [5.74, 6) is 1.77. The highest BCUT2D eigenvalue weighted by Crippen LogP contribution is 2.35. The summed E-state index contributed by atoms with van der Waals surface area (Å²) < 4.78 is 12.5. The molecule has 1 aromatic carbocycles. The Labute approximate surface area is 124 Å². The Hall–Kier alpha value is -1.04. The van der Waals surface area contributed by atoms with E-state index in [4.69, 9.17) is 9.47 Å². The van der Waals surface area contributed by atoms with E-state index in [1.54, 1.807) is 11.3 Å². The molecular formula is C14H14BrNO2S. The number of fused-ring (bicyclic) bond motifs is 1. The zero-order valence-corrected chi connectivity index (χ0v) is 12.9. The monoisotopic (exact) mass is 339 g/mol. The molecule has 1 aliphatic rings. The Kier molecular flexibility index (Phi) is 3.77. The Morgan fingerprint density at radius 2 is 2.37 bits per heavy atom. The summed E-state index contributed by atoms with van der Waals surface area (Å²) in [4.78, 5) is 1.20. The van der Waals surface area contributed by atoms with Crippen molar-refractivity contribution in [2.75, 3.05) is 13.7 Å². The fourth-order valence-electron chi connectivity index (χ4n) is 2.10. The first kappa shape index (κ1) is 13.0. The smallest absolute Gasteiger partial charge is 0.127 e. The van der Waals surface area contributed by atoms with Crippen molar-refractivity contribution in [2.24, 2.45) is 0 Å². The molecule has 0 aliphatic carbocycles. The molecule has 2 heterocycles. The zero-order chi connectivity index (χ0) is 13.2. The van der Waals surface area contributed by atoms with Crippen LogP contribution in [0.25, 0.3) is 0 Å². The lowest BCUT2D eigenvalue weighted by atomic mass is 10.1. The molecule has 2 aromatic rings. The molecule has 1 aromatic heterocycles. The van der Waals surface area contributed by atoms with Crippen LogP contribution in [0, 0.1) is 0 Å². The molecule has 0 spiro atoms. The van der Waals surface area contributed by atoms with Gasteiger partial charge in [-0.1, -0.05) is 0 Å². The van der Waals surface area contributed by atoms with E-state index >= 15 is 0 Å². The van der Waals surface area contributed by atoms with Crippen molar-refractivity contribution in [1.29, 1.82) is 0 Å². The minimum atomic E-state index is 0.289. The second-order valence-electron chi connectivity index (χ2n) is 4.37. The molecule has 100 valence electrons. The highest BCUT2D eigenvalue weighted by Gasteiger charge is 2.22. The zero-order valence-electron chi connectivity index (χ0n) is 10.5. The molecule has 5 heteroatoms. The van der Waals surface area contributed by atoms with E-state index in [0.29, 0.717) is 13.2 Å². The average molecular weight is 340 g/mol. The van der Waals surface area contributed by atoms with Gasteiger partial charge in [0.1, 0.15) is 24.7 Å². The number of benzene rings is 1. The van der Waals surface area contributed by atoms with Crippen molar-refractivity contribution in [1.82, 2.24) is 5.32 Å². The molecule has 0 amide bonds. The third-order valence-electron chi connectivity index (χ3n) is 3.12. The van der Waals surface area contributed by atoms with Gasteiger partial charge in [0, 0.05) is 26.4 Å². The Balaban J connectivity index is 1.69. The van der Waals surface area contributed by atoms with Crippen LogP contribution in [-0.4, -0.2) is 13.7 Å². The molecule has 0 radical (unpaired) electrons. The standard InChI is InChI=1S/C14H14BrNO2S/c1-16-13-7-18-14-5-10(2-3-12(13)14)17-6-11-4-9(15)8-19-11/h2-5,8,13,16H,6-7H2,1H3. The van der Waals surface area contributed by atoms with Crippen molar-refractivity contribution < 1.29 is 9.47 Å². The molecule has 1 unspecified atom stereocenters. The van der Waals surface area contributed by atoms with Gasteiger partial charge in [0.05, 0.1) is 6.04 Å². The molecule has 1 N–H and O–H groups in total. The third-order valence-corrected chi connectivity index (χ3v) is 4.79. The number of likely N-dealkylation sites (N-methyl/N-ethyl adjacent to an activating group) is 1. The number of rotatable bonds is 4. The van der Waals surface area contributed by atoms with E-state index in [1.807, 2.05) is 19.2 Å². The first-order chi connectivity index (χ1) is 9.26. The average Bonchev–Trinajstić information content (AvgIpc) is 3.01. The summed E-state index contributed by atoms with van der Waals surface area (Å²) in [7, 11) is 1.95. The van der Waals surface area contributed by atoms with Gasteiger partial charge >= 0.3 is 0 Å². The molecule has 0 saturated heterocycles. The normalized spacial score (nSPS) is 17.1. The van der Waals surface area contributed by atoms with Gasteiger partial charge in [0.2, 0.25) is 0 Å². The predicted molar refractivity (Wildman–Crippen MR) is 80.1 cm³/mol. The second-order valence-corrected chi connectivity index (χ2v) is 6.28. The molecule has 3 nitrogen and oxygen atoms in total. The fraction of sp³-hybridized carbons (Fsp3) is 0.286. The lowest BCUT2D eigenvalue weighted by Crippen LogP contribution is -2.17. The van der Waals surface area contributed by atoms with E-state index in [-0.39, 0.29) is 6.04 Å². The molecular weight excluding hydrogens is 326 g/mol. The second kappa shape index (κ2) is 5.53. The molecule has 1 aliphatic heterocycles. The molecule has 0 fully saturated rings. The minimum absolute atomic E-state index is 0.289. The van der Waals surface area contributed by atoms with Crippen LogP contribution < -0.4 is 14.8 Å². The van der Waals surface area contributed by atoms with Crippen molar-refractivity contribution in [3.05, 3.63) is 44.6 Å². The number of halogens is 1. The van der Waals surface area contributed by atoms with Crippen molar-refractivity contribution in [2.45, 2.75) is 12.6 Å². The fourth-order valence-corrected chi connectivity index (χ4v) is 3.47. The summed E-state index contributed by atoms with van der Waals surface area (Å²) in [5, 5.41) is 5.29. The largest absolute Gasteiger partial charge is 0.491 e. The van der Waals surface area contributed by atoms with Crippen LogP contribution in [0.2, 0.25) is 0 Å². The van der Waals surface area contributed by atoms with Crippen LogP contribution >= 0.6 is 27.3 Å². The summed E-state index contributed by atoms with van der Waals surface area (Å²) in [6, 6.07) is 8.40. The summed E-state index contributed by atoms with van der Waals surface area (Å²) in [5.41, 5.74) is 1.20. The molecule has 19 heavy (non-hydrogen) atoms. The van der Waals surface area contributed by atoms with Crippen molar-refractivity contribution >= 4 is 27.3 Å². The predicted octanol–water partition coefficient (Wildman–Crippen LogP) is 3.74. The van der Waals surface area contributed by atoms with Gasteiger partial charge in [0.25, 0.3) is 0 Å². The number of hydrogen-bond donors (Lipinski definition) is 1. The first-order valence-corrected chi connectivity index (χ1v) is 7.73. The van der Waals surface area contributed by atoms with Gasteiger partial charge in [-0.25, -0.2) is 0 Å². The van der Waals surface area contributed by atoms with E-state index < -0.39 is 0 Å². The lowest BCUT2D eigenvalue weighted by molar-refractivity contribution is 0.301. The number of ether oxygens (including phenoxy) is 2. The Morgan fingerprint density at radius 3 is 3.11 bits per heavy atom. The molecule has 0 bridgehead atoms. The van der Waals surface area contributed by atoms with Crippen LogP contribution in [0.1, 0.15) is 16.5 Å². The summed E-state index contributed by atoms with van der Waals surface area (Å²) in [6.07, 6.45) is 0. The lowest BCUT2D eigenvalue weighted by Gasteiger charge is -2.08. The quantitative estimate of drug-likeness (QED) is 0.920. The van der Waals surface area contributed by atoms with Crippen LogP contribution in [0.5, 0.6) is 11.5 Å². The van der Waals surface area contributed by atoms with E-state index in [2.05, 4.69) is 38.8 Å². The van der Waals surface area contributed by atoms with Gasteiger partial charge in [0.15, 0.2) is 0 Å². The number of nitrogens with one attached hydrogen (secondary N) is 1. The van der Waals surface area contributed by atoms with Gasteiger partial charge in [-0.3, -0.25) is 0 Å². The molecule has 3 rings (SSSR count). The summed E-state index contributed by atoms with van der Waals surface area (Å²) >= 11 is 5.13. The highest BCUT2D eigenvalue weighted by molar-refractivity contribution is 9.10. The molecule has 0 saturated carbocycles. The topological polar surface area (TPSA) is 30.5 Å². The maximum absolute atomic E-state index is 5.79. The van der Waals surface area contributed by atoms with Crippen LogP contribution in [0.4, 0.5) is 0 Å². The van der Waals surface area contributed by atoms with Gasteiger partial charge in [-0.2, -0.15) is 0 Å². The number of thiophene rings is 1. The van der Waals surface area contributed by atoms with Crippen LogP contribution in [-0.2, 0) is 6.61 Å². The van der Waals surface area contributed by atoms with Crippen LogP contribution in [0.15, 0.2) is 34.1 Å². The van der Waals surface area contributed by atoms with Crippen molar-refractivity contribution in [3.8, 4) is 11.5 Å². The maximum atomic E-state index is 5.79. The maximum Gasteiger partial charge on any atom is 0.127 e. The summed E-state index contributed by atoms with van der Waals surface area (Å²) in [6.45, 7) is 1.28. The van der Waals surface area contributed by atoms with Crippen LogP contribution in [0.3, 0.4) is 0 Å². The SMILES string of the molecule is CNC1COc2cc(OCc3cc(Br)cs3)ccc21. The van der Waals surface area contributed by atoms with E-state index in [1.165, 1.54) is 10.4 Å². The molecule has 1 atom stereocenters. The van der Waals surface area contributed by atoms with Gasteiger partial charge in [-0.05, 0) is 41.2 Å². The highest BCUT2D eigenvalue weighted by atomic mass is 79.9. The van der Waals surface area contributed by atoms with E-state index in [9.17, 15) is 0 Å². The van der Waals surface area contributed by atoms with E-state index in [0.717, 1.165) is 16.0 Å². The Bertz CT molecular complexity index is 585. The van der Waals surface area contributed by atoms with Gasteiger partial charge in [-0.15, -0.1) is 11.3 Å². The van der Waals surface area contributed by atoms with Crippen molar-refractivity contribution in [3.63, 3.8) is 0 Å². The van der Waals surface area contributed by atoms with Gasteiger partial charge < -0.3 is 14.8 Å². The number of hydrogen-bond acceptors (Lipinski definition) is 4. The first-order valence-electron chi connectivity index (χ1n) is 6.06. The minimum Gasteiger partial charge on any atom is -0.491 e. The Morgan fingerprint density at radius 1 is 1.47 bits per heavy atom. The third kappa shape index (κ3) is 2.78.